The monoisotopic (exact) mass is 303 g/mol. The van der Waals surface area contributed by atoms with Gasteiger partial charge in [0, 0.05) is 36.5 Å². The van der Waals surface area contributed by atoms with Gasteiger partial charge in [-0.2, -0.15) is 0 Å². The van der Waals surface area contributed by atoms with Crippen molar-refractivity contribution in [2.45, 2.75) is 6.42 Å². The molecule has 1 aliphatic heterocycles. The number of hydrogen-bond donors (Lipinski definition) is 2. The fraction of sp³-hybridized carbons (Fsp3) is 0.312. The van der Waals surface area contributed by atoms with E-state index < -0.39 is 0 Å². The molecule has 0 saturated carbocycles. The molecule has 5 heteroatoms. The van der Waals surface area contributed by atoms with Gasteiger partial charge in [-0.3, -0.25) is 4.79 Å². The zero-order chi connectivity index (χ0) is 14.7. The van der Waals surface area contributed by atoms with E-state index in [4.69, 9.17) is 11.6 Å². The first-order chi connectivity index (χ1) is 10.2. The molecule has 110 valence electrons. The highest BCUT2D eigenvalue weighted by molar-refractivity contribution is 6.30. The van der Waals surface area contributed by atoms with E-state index in [1.165, 1.54) is 5.69 Å². The van der Waals surface area contributed by atoms with Crippen LogP contribution >= 0.6 is 11.6 Å². The molecule has 21 heavy (non-hydrogen) atoms. The highest BCUT2D eigenvalue weighted by Crippen LogP contribution is 2.24. The van der Waals surface area contributed by atoms with Gasteiger partial charge in [-0.05, 0) is 48.7 Å². The van der Waals surface area contributed by atoms with Gasteiger partial charge in [0.15, 0.2) is 0 Å². The summed E-state index contributed by atoms with van der Waals surface area (Å²) in [6, 6.07) is 11.5. The second kappa shape index (κ2) is 6.22. The maximum Gasteiger partial charge on any atom is 0.267 e. The van der Waals surface area contributed by atoms with Crippen molar-refractivity contribution < 1.29 is 4.79 Å². The SMILES string of the molecule is O=C(NCC1CCN(c2ccc(Cl)cc2)C1)c1ccc[nH]1. The van der Waals surface area contributed by atoms with Crippen LogP contribution in [0, 0.1) is 5.92 Å². The summed E-state index contributed by atoms with van der Waals surface area (Å²) in [6.07, 6.45) is 2.85. The maximum atomic E-state index is 11.9. The van der Waals surface area contributed by atoms with E-state index in [9.17, 15) is 4.79 Å². The van der Waals surface area contributed by atoms with E-state index in [1.54, 1.807) is 12.3 Å². The molecule has 2 aromatic rings. The lowest BCUT2D eigenvalue weighted by molar-refractivity contribution is 0.0944. The Bertz CT molecular complexity index is 594. The highest BCUT2D eigenvalue weighted by Gasteiger charge is 2.23. The summed E-state index contributed by atoms with van der Waals surface area (Å²) < 4.78 is 0. The molecule has 1 saturated heterocycles. The Morgan fingerprint density at radius 2 is 2.14 bits per heavy atom. The van der Waals surface area contributed by atoms with E-state index in [0.29, 0.717) is 18.2 Å². The molecule has 1 atom stereocenters. The summed E-state index contributed by atoms with van der Waals surface area (Å²) in [5.41, 5.74) is 1.81. The highest BCUT2D eigenvalue weighted by atomic mass is 35.5. The van der Waals surface area contributed by atoms with Crippen LogP contribution in [0.3, 0.4) is 0 Å². The predicted molar refractivity (Wildman–Crippen MR) is 84.9 cm³/mol. The first-order valence-electron chi connectivity index (χ1n) is 7.14. The number of aromatic amines is 1. The Morgan fingerprint density at radius 1 is 1.33 bits per heavy atom. The molecule has 3 rings (SSSR count). The lowest BCUT2D eigenvalue weighted by Gasteiger charge is -2.19. The molecular formula is C16H18ClN3O. The molecule has 1 aliphatic rings. The van der Waals surface area contributed by atoms with Crippen LogP contribution in [-0.2, 0) is 0 Å². The van der Waals surface area contributed by atoms with Gasteiger partial charge in [-0.25, -0.2) is 0 Å². The number of nitrogens with zero attached hydrogens (tertiary/aromatic N) is 1. The Morgan fingerprint density at radius 3 is 2.86 bits per heavy atom. The van der Waals surface area contributed by atoms with Crippen LogP contribution in [-0.4, -0.2) is 30.5 Å². The number of nitrogens with one attached hydrogen (secondary N) is 2. The van der Waals surface area contributed by atoms with Crippen molar-refractivity contribution >= 4 is 23.2 Å². The van der Waals surface area contributed by atoms with Gasteiger partial charge in [0.05, 0.1) is 0 Å². The van der Waals surface area contributed by atoms with Gasteiger partial charge in [-0.15, -0.1) is 0 Å². The van der Waals surface area contributed by atoms with Gasteiger partial charge < -0.3 is 15.2 Å². The molecule has 1 aromatic carbocycles. The molecular weight excluding hydrogens is 286 g/mol. The largest absolute Gasteiger partial charge is 0.371 e. The lowest BCUT2D eigenvalue weighted by Crippen LogP contribution is -2.31. The van der Waals surface area contributed by atoms with Gasteiger partial charge >= 0.3 is 0 Å². The summed E-state index contributed by atoms with van der Waals surface area (Å²) >= 11 is 5.91. The average Bonchev–Trinajstić information content (AvgIpc) is 3.17. The van der Waals surface area contributed by atoms with Crippen LogP contribution in [0.15, 0.2) is 42.6 Å². The summed E-state index contributed by atoms with van der Waals surface area (Å²) in [6.45, 7) is 2.69. The zero-order valence-corrected chi connectivity index (χ0v) is 12.4. The Hall–Kier alpha value is -1.94. The molecule has 4 nitrogen and oxygen atoms in total. The van der Waals surface area contributed by atoms with Crippen molar-refractivity contribution in [1.82, 2.24) is 10.3 Å². The third-order valence-electron chi connectivity index (χ3n) is 3.87. The summed E-state index contributed by atoms with van der Waals surface area (Å²) in [7, 11) is 0. The first kappa shape index (κ1) is 14.0. The number of carbonyl (C=O) groups is 1. The van der Waals surface area contributed by atoms with Crippen LogP contribution in [0.5, 0.6) is 0 Å². The molecule has 1 amide bonds. The van der Waals surface area contributed by atoms with E-state index in [2.05, 4.69) is 15.2 Å². The van der Waals surface area contributed by atoms with Crippen LogP contribution in [0.4, 0.5) is 5.69 Å². The minimum atomic E-state index is -0.0371. The Labute approximate surface area is 129 Å². The molecule has 1 unspecified atom stereocenters. The standard InChI is InChI=1S/C16H18ClN3O/c17-13-3-5-14(6-4-13)20-9-7-12(11-20)10-19-16(21)15-2-1-8-18-15/h1-6,8,12,18H,7,9-11H2,(H,19,21). The topological polar surface area (TPSA) is 48.1 Å². The third kappa shape index (κ3) is 3.39. The molecule has 1 aromatic heterocycles. The van der Waals surface area contributed by atoms with Gasteiger partial charge in [0.1, 0.15) is 5.69 Å². The number of carbonyl (C=O) groups excluding carboxylic acids is 1. The number of benzene rings is 1. The second-order valence-electron chi connectivity index (χ2n) is 5.37. The average molecular weight is 304 g/mol. The van der Waals surface area contributed by atoms with Gasteiger partial charge in [-0.1, -0.05) is 11.6 Å². The Kier molecular flexibility index (Phi) is 4.15. The minimum Gasteiger partial charge on any atom is -0.371 e. The van der Waals surface area contributed by atoms with Crippen molar-refractivity contribution in [3.63, 3.8) is 0 Å². The maximum absolute atomic E-state index is 11.9. The minimum absolute atomic E-state index is 0.0371. The lowest BCUT2D eigenvalue weighted by atomic mass is 10.1. The van der Waals surface area contributed by atoms with Crippen molar-refractivity contribution in [3.8, 4) is 0 Å². The van der Waals surface area contributed by atoms with E-state index in [1.807, 2.05) is 30.3 Å². The summed E-state index contributed by atoms with van der Waals surface area (Å²) in [4.78, 5) is 17.1. The first-order valence-corrected chi connectivity index (χ1v) is 7.52. The van der Waals surface area contributed by atoms with E-state index in [0.717, 1.165) is 24.5 Å². The molecule has 0 spiro atoms. The smallest absolute Gasteiger partial charge is 0.267 e. The third-order valence-corrected chi connectivity index (χ3v) is 4.12. The van der Waals surface area contributed by atoms with Crippen LogP contribution < -0.4 is 10.2 Å². The number of anilines is 1. The quantitative estimate of drug-likeness (QED) is 0.912. The number of H-pyrrole nitrogens is 1. The molecule has 2 heterocycles. The number of amides is 1. The molecule has 2 N–H and O–H groups in total. The molecule has 0 radical (unpaired) electrons. The normalized spacial score (nSPS) is 18.0. The molecule has 0 bridgehead atoms. The molecule has 0 aliphatic carbocycles. The zero-order valence-electron chi connectivity index (χ0n) is 11.7. The summed E-state index contributed by atoms with van der Waals surface area (Å²) in [5.74, 6) is 0.449. The Balaban J connectivity index is 1.51. The second-order valence-corrected chi connectivity index (χ2v) is 5.81. The van der Waals surface area contributed by atoms with Crippen molar-refractivity contribution in [2.75, 3.05) is 24.5 Å². The van der Waals surface area contributed by atoms with Crippen molar-refractivity contribution in [1.29, 1.82) is 0 Å². The van der Waals surface area contributed by atoms with Crippen molar-refractivity contribution in [3.05, 3.63) is 53.3 Å². The fourth-order valence-electron chi connectivity index (χ4n) is 2.69. The summed E-state index contributed by atoms with van der Waals surface area (Å²) in [5, 5.41) is 3.75. The fourth-order valence-corrected chi connectivity index (χ4v) is 2.82. The van der Waals surface area contributed by atoms with Crippen molar-refractivity contribution in [2.24, 2.45) is 5.92 Å². The van der Waals surface area contributed by atoms with E-state index >= 15 is 0 Å². The molecule has 1 fully saturated rings. The van der Waals surface area contributed by atoms with E-state index in [-0.39, 0.29) is 5.91 Å². The van der Waals surface area contributed by atoms with Crippen LogP contribution in [0.25, 0.3) is 0 Å². The van der Waals surface area contributed by atoms with Crippen LogP contribution in [0.1, 0.15) is 16.9 Å². The number of halogens is 1. The van der Waals surface area contributed by atoms with Crippen LogP contribution in [0.2, 0.25) is 5.02 Å². The number of rotatable bonds is 4. The predicted octanol–water partition coefficient (Wildman–Crippen LogP) is 2.92. The number of aromatic nitrogens is 1. The van der Waals surface area contributed by atoms with Gasteiger partial charge in [0.2, 0.25) is 0 Å². The number of hydrogen-bond acceptors (Lipinski definition) is 2. The van der Waals surface area contributed by atoms with Gasteiger partial charge in [0.25, 0.3) is 5.91 Å².